The number of aliphatic imine (C=N–C) groups is 1. The number of hydrogen-bond acceptors (Lipinski definition) is 17. The van der Waals surface area contributed by atoms with E-state index in [0.717, 1.165) is 16.5 Å². The van der Waals surface area contributed by atoms with Gasteiger partial charge in [-0.05, 0) is 151 Å². The van der Waals surface area contributed by atoms with Gasteiger partial charge in [-0.25, -0.2) is 0 Å². The Balaban J connectivity index is 1.33. The number of aromatic hydroxyl groups is 1. The van der Waals surface area contributed by atoms with Crippen molar-refractivity contribution in [3.63, 3.8) is 0 Å². The van der Waals surface area contributed by atoms with Gasteiger partial charge in [0.25, 0.3) is 0 Å². The fourth-order valence-electron chi connectivity index (χ4n) is 10.5. The third-order valence-corrected chi connectivity index (χ3v) is 16.2. The third kappa shape index (κ3) is 35.4. The molecule has 0 radical (unpaired) electrons. The third-order valence-electron chi connectivity index (χ3n) is 16.2. The minimum atomic E-state index is -1.23. The predicted octanol–water partition coefficient (Wildman–Crippen LogP) is -1.73. The van der Waals surface area contributed by atoms with Crippen LogP contribution in [-0.2, 0) is 75.2 Å². The Morgan fingerprint density at radius 3 is 1.54 bits per heavy atom. The van der Waals surface area contributed by atoms with E-state index in [4.69, 9.17) is 28.7 Å². The largest absolute Gasteiger partial charge is 0.508 e. The van der Waals surface area contributed by atoms with E-state index in [1.807, 2.05) is 52.0 Å². The summed E-state index contributed by atoms with van der Waals surface area (Å²) in [6, 6.07) is 5.13. The van der Waals surface area contributed by atoms with Crippen molar-refractivity contribution in [2.45, 2.75) is 205 Å². The SMILES string of the molecule is CC(C)C[C@H](NC(=O)[C@H](CC(C)C)NC(=O)CNC(=O)[C@H](C)NC(=O)[C@H](C)NC(=O)[C@H](CCCN=C(N)N)NC(=O)CNC(=O)CCCCNC(=O)CCCCNC(=O)CCCCNC(=O)[C@H](CCCCN)NC(=O)[C@H](Cc1ccc(O)cc1)NC(=O)[C@@H](N)Cc1c[nH]c2ccccc12)C(N)=O. The lowest BCUT2D eigenvalue weighted by molar-refractivity contribution is -0.134. The van der Waals surface area contributed by atoms with Crippen molar-refractivity contribution < 1.29 is 67.4 Å². The van der Waals surface area contributed by atoms with Crippen molar-refractivity contribution in [3.05, 3.63) is 65.9 Å². The molecule has 0 aliphatic carbocycles. The van der Waals surface area contributed by atoms with Crippen LogP contribution in [0.15, 0.2) is 59.7 Å². The molecule has 33 nitrogen and oxygen atoms in total. The lowest BCUT2D eigenvalue weighted by atomic mass is 10.0. The summed E-state index contributed by atoms with van der Waals surface area (Å²) in [5.41, 5.74) is 30.9. The molecule has 2 aromatic carbocycles. The molecule has 566 valence electrons. The number of nitrogens with one attached hydrogen (secondary N) is 13. The summed E-state index contributed by atoms with van der Waals surface area (Å²) in [4.78, 5) is 176. The molecule has 0 spiro atoms. The topological polar surface area (TPSA) is 545 Å². The van der Waals surface area contributed by atoms with Crippen LogP contribution in [0.3, 0.4) is 0 Å². The highest BCUT2D eigenvalue weighted by atomic mass is 16.3. The summed E-state index contributed by atoms with van der Waals surface area (Å²) in [5.74, 6) is -7.68. The number of H-pyrrole nitrogens is 1. The number of unbranched alkanes of at least 4 members (excludes halogenated alkanes) is 4. The molecule has 13 amide bonds. The number of carbonyl (C=O) groups excluding carboxylic acids is 13. The van der Waals surface area contributed by atoms with Gasteiger partial charge in [0.1, 0.15) is 48.0 Å². The Kier molecular flexibility index (Phi) is 40.0. The van der Waals surface area contributed by atoms with E-state index in [9.17, 15) is 67.4 Å². The Hall–Kier alpha value is -9.92. The van der Waals surface area contributed by atoms with Crippen LogP contribution in [0.5, 0.6) is 5.75 Å². The lowest BCUT2D eigenvalue weighted by Crippen LogP contribution is -2.56. The molecule has 1 aromatic heterocycles. The number of hydrogen-bond donors (Lipinski definition) is 19. The van der Waals surface area contributed by atoms with Crippen molar-refractivity contribution in [1.29, 1.82) is 0 Å². The quantitative estimate of drug-likeness (QED) is 0.0170. The highest BCUT2D eigenvalue weighted by molar-refractivity contribution is 5.97. The standard InChI is InChI=1S/C69H111N19O14/c1-41(2)34-53(61(72)95)87-67(101)54(35-42(3)4)85-60(94)40-81-62(96)43(5)82-63(97)44(6)83-66(100)52(21-17-33-78-69(73)74)84-59(93)39-80-58(92)24-11-15-31-76-56(90)22-10-14-30-75-57(91)23-12-16-32-77-65(99)51(20-9-13-29-70)86-68(102)55(36-45-25-27-47(89)28-26-45)88-64(98)49(71)37-46-38-79-50-19-8-7-18-48(46)50/h7-8,18-19,25-28,38,41-44,49,51-55,79,89H,9-17,20-24,29-37,39-40,70-71H2,1-6H3,(H2,72,95)(H,75,91)(H,76,90)(H,77,99)(H,80,92)(H,81,96)(H,82,97)(H,83,100)(H,84,93)(H,85,94)(H,86,102)(H,87,101)(H,88,98)(H4,73,74,78)/t43-,44-,49-,51-,52-,53-,54-,55-/m0/s1. The van der Waals surface area contributed by atoms with Gasteiger partial charge in [0.05, 0.1) is 19.1 Å². The lowest BCUT2D eigenvalue weighted by Gasteiger charge is -2.24. The van der Waals surface area contributed by atoms with E-state index >= 15 is 0 Å². The molecule has 0 bridgehead atoms. The molecule has 3 rings (SSSR count). The number of nitrogens with two attached hydrogens (primary N) is 5. The predicted molar refractivity (Wildman–Crippen MR) is 384 cm³/mol. The summed E-state index contributed by atoms with van der Waals surface area (Å²) >= 11 is 0. The number of rotatable bonds is 50. The summed E-state index contributed by atoms with van der Waals surface area (Å²) in [7, 11) is 0. The second kappa shape index (κ2) is 47.2. The zero-order valence-electron chi connectivity index (χ0n) is 59.7. The molecule has 33 heteroatoms. The summed E-state index contributed by atoms with van der Waals surface area (Å²) in [6.07, 6.45) is 7.46. The molecular formula is C69H111N19O14. The van der Waals surface area contributed by atoms with Crippen LogP contribution in [0.2, 0.25) is 0 Å². The van der Waals surface area contributed by atoms with E-state index in [1.54, 1.807) is 18.3 Å². The van der Waals surface area contributed by atoms with Crippen molar-refractivity contribution >= 4 is 93.7 Å². The number of para-hydroxylation sites is 1. The van der Waals surface area contributed by atoms with Gasteiger partial charge in [-0.15, -0.1) is 0 Å². The number of guanidine groups is 1. The molecule has 24 N–H and O–H groups in total. The van der Waals surface area contributed by atoms with E-state index in [1.165, 1.54) is 26.0 Å². The maximum absolute atomic E-state index is 14.0. The first kappa shape index (κ1) is 86.3. The minimum Gasteiger partial charge on any atom is -0.508 e. The average molecular weight is 1430 g/mol. The highest BCUT2D eigenvalue weighted by Gasteiger charge is 2.32. The van der Waals surface area contributed by atoms with Crippen LogP contribution in [0.25, 0.3) is 10.9 Å². The van der Waals surface area contributed by atoms with Crippen LogP contribution < -0.4 is 92.5 Å². The number of aromatic nitrogens is 1. The van der Waals surface area contributed by atoms with Crippen molar-refractivity contribution in [2.24, 2.45) is 45.5 Å². The highest BCUT2D eigenvalue weighted by Crippen LogP contribution is 2.20. The van der Waals surface area contributed by atoms with Gasteiger partial charge >= 0.3 is 0 Å². The molecule has 1 heterocycles. The zero-order valence-corrected chi connectivity index (χ0v) is 59.7. The maximum atomic E-state index is 14.0. The Morgan fingerprint density at radius 1 is 0.461 bits per heavy atom. The van der Waals surface area contributed by atoms with E-state index in [0.29, 0.717) is 83.0 Å². The molecule has 8 atom stereocenters. The number of nitrogens with zero attached hydrogens (tertiary/aromatic N) is 1. The summed E-state index contributed by atoms with van der Waals surface area (Å²) < 4.78 is 0. The number of amides is 13. The Labute approximate surface area is 596 Å². The molecule has 102 heavy (non-hydrogen) atoms. The van der Waals surface area contributed by atoms with Gasteiger partial charge in [-0.3, -0.25) is 67.3 Å². The van der Waals surface area contributed by atoms with Gasteiger partial charge in [-0.1, -0.05) is 58.0 Å². The first-order valence-corrected chi connectivity index (χ1v) is 35.1. The van der Waals surface area contributed by atoms with E-state index in [-0.39, 0.29) is 106 Å². The Morgan fingerprint density at radius 2 is 0.951 bits per heavy atom. The molecule has 0 fully saturated rings. The zero-order chi connectivity index (χ0) is 75.7. The van der Waals surface area contributed by atoms with Crippen LogP contribution >= 0.6 is 0 Å². The molecule has 0 aliphatic rings. The Bertz CT molecular complexity index is 3250. The van der Waals surface area contributed by atoms with E-state index < -0.39 is 126 Å². The van der Waals surface area contributed by atoms with Crippen molar-refractivity contribution in [2.75, 3.05) is 45.8 Å². The second-order valence-electron chi connectivity index (χ2n) is 26.2. The van der Waals surface area contributed by atoms with Crippen molar-refractivity contribution in [3.8, 4) is 5.75 Å². The number of primary amides is 1. The van der Waals surface area contributed by atoms with Gasteiger partial charge in [-0.2, -0.15) is 0 Å². The molecule has 0 unspecified atom stereocenters. The maximum Gasteiger partial charge on any atom is 0.243 e. The van der Waals surface area contributed by atoms with Gasteiger partial charge in [0.2, 0.25) is 76.8 Å². The minimum absolute atomic E-state index is 0.0205. The first-order chi connectivity index (χ1) is 48.5. The fraction of sp³-hybridized carbons (Fsp3) is 0.594. The molecule has 0 aliphatic heterocycles. The fourth-order valence-corrected chi connectivity index (χ4v) is 10.5. The number of phenols is 1. The molecule has 0 saturated carbocycles. The normalized spacial score (nSPS) is 13.4. The number of benzene rings is 2. The summed E-state index contributed by atoms with van der Waals surface area (Å²) in [5, 5.41) is 42.5. The van der Waals surface area contributed by atoms with Gasteiger partial charge in [0.15, 0.2) is 5.96 Å². The monoisotopic (exact) mass is 1430 g/mol. The smallest absolute Gasteiger partial charge is 0.243 e. The van der Waals surface area contributed by atoms with Crippen LogP contribution in [0.4, 0.5) is 0 Å². The number of aromatic amines is 1. The number of phenolic OH excluding ortho intramolecular Hbond substituents is 1. The van der Waals surface area contributed by atoms with Gasteiger partial charge in [0, 0.05) is 69.0 Å². The second-order valence-corrected chi connectivity index (χ2v) is 26.2. The summed E-state index contributed by atoms with van der Waals surface area (Å²) in [6.45, 7) is 10.4. The molecule has 0 saturated heterocycles. The van der Waals surface area contributed by atoms with Crippen LogP contribution in [-0.4, -0.2) is 187 Å². The van der Waals surface area contributed by atoms with Crippen molar-refractivity contribution in [1.82, 2.24) is 68.8 Å². The first-order valence-electron chi connectivity index (χ1n) is 35.1. The average Bonchev–Trinajstić information content (AvgIpc) is 1.64. The molecular weight excluding hydrogens is 1320 g/mol. The van der Waals surface area contributed by atoms with E-state index in [2.05, 4.69) is 73.8 Å². The number of fused-ring (bicyclic) bond motifs is 1. The molecule has 3 aromatic rings. The number of carbonyl (C=O) groups is 13. The van der Waals surface area contributed by atoms with Crippen LogP contribution in [0.1, 0.15) is 155 Å². The van der Waals surface area contributed by atoms with Gasteiger partial charge < -0.3 is 103 Å². The van der Waals surface area contributed by atoms with Crippen LogP contribution in [0, 0.1) is 11.8 Å².